The Bertz CT molecular complexity index is 609. The van der Waals surface area contributed by atoms with Crippen molar-refractivity contribution in [2.45, 2.75) is 0 Å². The Morgan fingerprint density at radius 1 is 1.43 bits per heavy atom. The molecule has 0 aromatic heterocycles. The van der Waals surface area contributed by atoms with E-state index in [1.807, 2.05) is 0 Å². The summed E-state index contributed by atoms with van der Waals surface area (Å²) in [5.41, 5.74) is 0.676. The van der Waals surface area contributed by atoms with Crippen LogP contribution in [-0.2, 0) is 4.79 Å². The van der Waals surface area contributed by atoms with Crippen LogP contribution in [0.5, 0.6) is 5.75 Å². The topological polar surface area (TPSA) is 63.1 Å². The average Bonchev–Trinajstić information content (AvgIpc) is 2.84. The lowest BCUT2D eigenvalue weighted by Gasteiger charge is -2.08. The number of nitrogens with one attached hydrogen (secondary N) is 1. The van der Waals surface area contributed by atoms with Crippen molar-refractivity contribution in [2.24, 2.45) is 10.2 Å². The van der Waals surface area contributed by atoms with Crippen molar-refractivity contribution in [3.05, 3.63) is 40.4 Å². The molecule has 1 aliphatic rings. The SMILES string of the molecule is C=CCOc1c(Cl)cc(C=NN=C2NC(=O)CS2)cc1Cl. The van der Waals surface area contributed by atoms with Gasteiger partial charge in [0.1, 0.15) is 6.61 Å². The van der Waals surface area contributed by atoms with E-state index in [0.717, 1.165) is 0 Å². The van der Waals surface area contributed by atoms with Gasteiger partial charge in [-0.25, -0.2) is 0 Å². The molecule has 0 bridgehead atoms. The van der Waals surface area contributed by atoms with Crippen LogP contribution in [0.3, 0.4) is 0 Å². The number of rotatable bonds is 5. The summed E-state index contributed by atoms with van der Waals surface area (Å²) < 4.78 is 5.36. The Morgan fingerprint density at radius 3 is 2.71 bits per heavy atom. The lowest BCUT2D eigenvalue weighted by atomic mass is 10.2. The van der Waals surface area contributed by atoms with Crippen LogP contribution in [0.2, 0.25) is 10.0 Å². The van der Waals surface area contributed by atoms with E-state index in [1.54, 1.807) is 18.2 Å². The monoisotopic (exact) mass is 343 g/mol. The van der Waals surface area contributed by atoms with Crippen molar-refractivity contribution < 1.29 is 9.53 Å². The number of amides is 1. The van der Waals surface area contributed by atoms with Crippen LogP contribution in [0.25, 0.3) is 0 Å². The van der Waals surface area contributed by atoms with Crippen molar-refractivity contribution in [1.82, 2.24) is 5.32 Å². The third-order valence-corrected chi connectivity index (χ3v) is 3.73. The molecule has 0 spiro atoms. The molecule has 8 heteroatoms. The number of ether oxygens (including phenoxy) is 1. The van der Waals surface area contributed by atoms with Gasteiger partial charge in [0.05, 0.1) is 22.0 Å². The third-order valence-electron chi connectivity index (χ3n) is 2.31. The molecule has 1 heterocycles. The second-order valence-electron chi connectivity index (χ2n) is 3.90. The van der Waals surface area contributed by atoms with E-state index < -0.39 is 0 Å². The molecule has 5 nitrogen and oxygen atoms in total. The van der Waals surface area contributed by atoms with Gasteiger partial charge in [-0.15, -0.1) is 5.10 Å². The number of halogens is 2. The van der Waals surface area contributed by atoms with Gasteiger partial charge in [-0.3, -0.25) is 4.79 Å². The predicted molar refractivity (Wildman–Crippen MR) is 87.8 cm³/mol. The quantitative estimate of drug-likeness (QED) is 0.507. The zero-order valence-electron chi connectivity index (χ0n) is 10.8. The number of benzene rings is 1. The highest BCUT2D eigenvalue weighted by Gasteiger charge is 2.16. The van der Waals surface area contributed by atoms with E-state index >= 15 is 0 Å². The summed E-state index contributed by atoms with van der Waals surface area (Å²) in [6.07, 6.45) is 3.10. The van der Waals surface area contributed by atoms with Gasteiger partial charge in [0.2, 0.25) is 5.91 Å². The standard InChI is InChI=1S/C13H11Cl2N3O2S/c1-2-3-20-12-9(14)4-8(5-10(12)15)6-16-18-13-17-11(19)7-21-13/h2,4-6H,1,3,7H2,(H,17,18,19). The molecule has 1 aromatic rings. The van der Waals surface area contributed by atoms with Crippen molar-refractivity contribution in [2.75, 3.05) is 12.4 Å². The summed E-state index contributed by atoms with van der Waals surface area (Å²) in [4.78, 5) is 11.0. The van der Waals surface area contributed by atoms with Crippen LogP contribution >= 0.6 is 35.0 Å². The van der Waals surface area contributed by atoms with Crippen LogP contribution in [0.4, 0.5) is 0 Å². The van der Waals surface area contributed by atoms with Gasteiger partial charge in [-0.2, -0.15) is 5.10 Å². The molecule has 2 rings (SSSR count). The molecule has 0 saturated carbocycles. The number of hydrogen-bond acceptors (Lipinski definition) is 5. The van der Waals surface area contributed by atoms with Crippen LogP contribution < -0.4 is 10.1 Å². The van der Waals surface area contributed by atoms with Gasteiger partial charge in [0.15, 0.2) is 10.9 Å². The molecule has 0 atom stereocenters. The van der Waals surface area contributed by atoms with Gasteiger partial charge in [0, 0.05) is 0 Å². The molecule has 1 fully saturated rings. The summed E-state index contributed by atoms with van der Waals surface area (Å²) in [6, 6.07) is 3.33. The van der Waals surface area contributed by atoms with Crippen molar-refractivity contribution >= 4 is 52.3 Å². The van der Waals surface area contributed by atoms with Gasteiger partial charge in [-0.05, 0) is 17.7 Å². The highest BCUT2D eigenvalue weighted by molar-refractivity contribution is 8.15. The second kappa shape index (κ2) is 7.49. The van der Waals surface area contributed by atoms with E-state index in [-0.39, 0.29) is 5.91 Å². The van der Waals surface area contributed by atoms with Crippen molar-refractivity contribution in [1.29, 1.82) is 0 Å². The lowest BCUT2D eigenvalue weighted by molar-refractivity contribution is -0.116. The first-order chi connectivity index (χ1) is 10.1. The maximum atomic E-state index is 11.0. The maximum absolute atomic E-state index is 11.0. The molecule has 1 N–H and O–H groups in total. The molecular formula is C13H11Cl2N3O2S. The summed E-state index contributed by atoms with van der Waals surface area (Å²) in [7, 11) is 0. The third kappa shape index (κ3) is 4.49. The van der Waals surface area contributed by atoms with Gasteiger partial charge < -0.3 is 10.1 Å². The molecule has 1 saturated heterocycles. The van der Waals surface area contributed by atoms with E-state index in [9.17, 15) is 4.79 Å². The van der Waals surface area contributed by atoms with E-state index in [1.165, 1.54) is 18.0 Å². The highest BCUT2D eigenvalue weighted by Crippen LogP contribution is 2.33. The Hall–Kier alpha value is -1.50. The van der Waals surface area contributed by atoms with E-state index in [4.69, 9.17) is 27.9 Å². The molecular weight excluding hydrogens is 333 g/mol. The highest BCUT2D eigenvalue weighted by atomic mass is 35.5. The molecule has 0 aliphatic carbocycles. The number of hydrogen-bond donors (Lipinski definition) is 1. The van der Waals surface area contributed by atoms with Crippen LogP contribution in [0, 0.1) is 0 Å². The Kier molecular flexibility index (Phi) is 5.67. The zero-order chi connectivity index (χ0) is 15.2. The van der Waals surface area contributed by atoms with Gasteiger partial charge in [-0.1, -0.05) is 47.6 Å². The normalized spacial score (nSPS) is 16.5. The molecule has 1 amide bonds. The number of amidine groups is 1. The number of thioether (sulfide) groups is 1. The van der Waals surface area contributed by atoms with Gasteiger partial charge in [0.25, 0.3) is 0 Å². The summed E-state index contributed by atoms with van der Waals surface area (Å²) in [5.74, 6) is 0.686. The molecule has 1 aliphatic heterocycles. The predicted octanol–water partition coefficient (Wildman–Crippen LogP) is 3.11. The van der Waals surface area contributed by atoms with Gasteiger partial charge >= 0.3 is 0 Å². The Balaban J connectivity index is 2.10. The summed E-state index contributed by atoms with van der Waals surface area (Å²) in [6.45, 7) is 3.87. The minimum atomic E-state index is -0.0799. The van der Waals surface area contributed by atoms with Crippen LogP contribution in [0.1, 0.15) is 5.56 Å². The Morgan fingerprint density at radius 2 is 2.14 bits per heavy atom. The first-order valence-electron chi connectivity index (χ1n) is 5.86. The van der Waals surface area contributed by atoms with E-state index in [0.29, 0.717) is 38.9 Å². The number of carbonyl (C=O) groups is 1. The molecule has 0 radical (unpaired) electrons. The van der Waals surface area contributed by atoms with E-state index in [2.05, 4.69) is 22.1 Å². The van der Waals surface area contributed by atoms with Crippen molar-refractivity contribution in [3.8, 4) is 5.75 Å². The maximum Gasteiger partial charge on any atom is 0.236 e. The fourth-order valence-corrected chi connectivity index (χ4v) is 2.71. The summed E-state index contributed by atoms with van der Waals surface area (Å²) >= 11 is 13.5. The summed E-state index contributed by atoms with van der Waals surface area (Å²) in [5, 5.41) is 11.6. The molecule has 110 valence electrons. The number of carbonyl (C=O) groups excluding carboxylic acids is 1. The fourth-order valence-electron chi connectivity index (χ4n) is 1.46. The zero-order valence-corrected chi connectivity index (χ0v) is 13.1. The largest absolute Gasteiger partial charge is 0.486 e. The van der Waals surface area contributed by atoms with Crippen LogP contribution in [-0.4, -0.2) is 29.6 Å². The fraction of sp³-hybridized carbons (Fsp3) is 0.154. The number of nitrogens with zero attached hydrogens (tertiary/aromatic N) is 2. The lowest BCUT2D eigenvalue weighted by Crippen LogP contribution is -2.19. The van der Waals surface area contributed by atoms with Crippen LogP contribution in [0.15, 0.2) is 35.0 Å². The first-order valence-corrected chi connectivity index (χ1v) is 7.60. The smallest absolute Gasteiger partial charge is 0.236 e. The molecule has 1 aromatic carbocycles. The van der Waals surface area contributed by atoms with Crippen molar-refractivity contribution in [3.63, 3.8) is 0 Å². The second-order valence-corrected chi connectivity index (χ2v) is 5.68. The average molecular weight is 344 g/mol. The molecule has 21 heavy (non-hydrogen) atoms. The minimum absolute atomic E-state index is 0.0799. The minimum Gasteiger partial charge on any atom is -0.486 e. The molecule has 0 unspecified atom stereocenters. The Labute approximate surface area is 136 Å². The first kappa shape index (κ1) is 15.9.